The van der Waals surface area contributed by atoms with E-state index in [0.29, 0.717) is 12.5 Å². The third-order valence-electron chi connectivity index (χ3n) is 2.25. The minimum absolute atomic E-state index is 0.418. The van der Waals surface area contributed by atoms with E-state index in [2.05, 4.69) is 10.6 Å². The van der Waals surface area contributed by atoms with Crippen LogP contribution in [-0.4, -0.2) is 25.7 Å². The first kappa shape index (κ1) is 9.32. The maximum atomic E-state index is 10.3. The molecule has 4 heteroatoms. The van der Waals surface area contributed by atoms with Gasteiger partial charge in [-0.1, -0.05) is 0 Å². The Labute approximate surface area is 72.9 Å². The summed E-state index contributed by atoms with van der Waals surface area (Å²) in [6, 6.07) is -0.418. The van der Waals surface area contributed by atoms with Gasteiger partial charge in [0.1, 0.15) is 0 Å². The van der Waals surface area contributed by atoms with Gasteiger partial charge in [0.15, 0.2) is 0 Å². The molecule has 12 heavy (non-hydrogen) atoms. The Bertz CT molecular complexity index is 143. The van der Waals surface area contributed by atoms with Gasteiger partial charge in [0.2, 0.25) is 0 Å². The van der Waals surface area contributed by atoms with Gasteiger partial charge in [0.05, 0.1) is 0 Å². The molecule has 0 bridgehead atoms. The summed E-state index contributed by atoms with van der Waals surface area (Å²) in [4.78, 5) is 10.3. The second-order valence-electron chi connectivity index (χ2n) is 3.29. The predicted molar refractivity (Wildman–Crippen MR) is 47.8 cm³/mol. The molecule has 70 valence electrons. The van der Waals surface area contributed by atoms with Crippen molar-refractivity contribution in [3.8, 4) is 0 Å². The first-order chi connectivity index (χ1) is 5.79. The Morgan fingerprint density at radius 1 is 1.67 bits per heavy atom. The zero-order valence-electron chi connectivity index (χ0n) is 7.31. The van der Waals surface area contributed by atoms with E-state index in [1.807, 2.05) is 0 Å². The molecule has 0 aromatic carbocycles. The van der Waals surface area contributed by atoms with E-state index in [4.69, 9.17) is 5.73 Å². The lowest BCUT2D eigenvalue weighted by Crippen LogP contribution is -2.35. The van der Waals surface area contributed by atoms with Crippen LogP contribution in [0.4, 0.5) is 4.79 Å². The Kier molecular flexibility index (Phi) is 3.87. The summed E-state index contributed by atoms with van der Waals surface area (Å²) in [6.07, 6.45) is 3.56. The topological polar surface area (TPSA) is 67.2 Å². The van der Waals surface area contributed by atoms with Crippen LogP contribution in [0.3, 0.4) is 0 Å². The molecule has 0 saturated carbocycles. The number of nitrogens with two attached hydrogens (primary N) is 1. The summed E-state index contributed by atoms with van der Waals surface area (Å²) in [6.45, 7) is 2.93. The van der Waals surface area contributed by atoms with E-state index in [1.54, 1.807) is 0 Å². The van der Waals surface area contributed by atoms with Gasteiger partial charge in [-0.05, 0) is 38.3 Å². The second kappa shape index (κ2) is 4.98. The molecule has 4 N–H and O–H groups in total. The molecule has 1 aliphatic rings. The summed E-state index contributed by atoms with van der Waals surface area (Å²) in [5.41, 5.74) is 4.94. The summed E-state index contributed by atoms with van der Waals surface area (Å²) in [7, 11) is 0. The molecular weight excluding hydrogens is 154 g/mol. The maximum absolute atomic E-state index is 10.3. The lowest BCUT2D eigenvalue weighted by Gasteiger charge is -2.22. The highest BCUT2D eigenvalue weighted by Gasteiger charge is 2.11. The largest absolute Gasteiger partial charge is 0.352 e. The predicted octanol–water partition coefficient (Wildman–Crippen LogP) is 0.0444. The zero-order valence-corrected chi connectivity index (χ0v) is 7.31. The van der Waals surface area contributed by atoms with E-state index < -0.39 is 6.03 Å². The van der Waals surface area contributed by atoms with Crippen LogP contribution in [0.2, 0.25) is 0 Å². The molecule has 1 fully saturated rings. The first-order valence-electron chi connectivity index (χ1n) is 4.53. The molecular formula is C8H17N3O. The maximum Gasteiger partial charge on any atom is 0.312 e. The molecule has 2 amide bonds. The highest BCUT2D eigenvalue weighted by Crippen LogP contribution is 2.12. The number of urea groups is 1. The van der Waals surface area contributed by atoms with Gasteiger partial charge in [0.25, 0.3) is 0 Å². The van der Waals surface area contributed by atoms with E-state index in [-0.39, 0.29) is 0 Å². The summed E-state index contributed by atoms with van der Waals surface area (Å²) < 4.78 is 0. The van der Waals surface area contributed by atoms with Crippen molar-refractivity contribution < 1.29 is 4.79 Å². The number of rotatable bonds is 3. The molecule has 0 radical (unpaired) electrons. The van der Waals surface area contributed by atoms with E-state index >= 15 is 0 Å². The monoisotopic (exact) mass is 171 g/mol. The Morgan fingerprint density at radius 3 is 3.08 bits per heavy atom. The minimum Gasteiger partial charge on any atom is -0.352 e. The van der Waals surface area contributed by atoms with Gasteiger partial charge < -0.3 is 16.4 Å². The van der Waals surface area contributed by atoms with Crippen molar-refractivity contribution in [1.29, 1.82) is 0 Å². The Hall–Kier alpha value is -0.770. The Morgan fingerprint density at radius 2 is 2.50 bits per heavy atom. The van der Waals surface area contributed by atoms with Gasteiger partial charge >= 0.3 is 6.03 Å². The first-order valence-corrected chi connectivity index (χ1v) is 4.53. The van der Waals surface area contributed by atoms with Gasteiger partial charge in [-0.3, -0.25) is 0 Å². The molecule has 1 rings (SSSR count). The SMILES string of the molecule is NC(=O)NCCC1CCCNC1. The average molecular weight is 171 g/mol. The van der Waals surface area contributed by atoms with Gasteiger partial charge in [0, 0.05) is 6.54 Å². The number of hydrogen-bond acceptors (Lipinski definition) is 2. The molecule has 0 spiro atoms. The van der Waals surface area contributed by atoms with Crippen molar-refractivity contribution in [2.45, 2.75) is 19.3 Å². The normalized spacial score (nSPS) is 23.5. The molecule has 1 saturated heterocycles. The smallest absolute Gasteiger partial charge is 0.312 e. The molecule has 0 aromatic heterocycles. The van der Waals surface area contributed by atoms with Crippen molar-refractivity contribution in [2.24, 2.45) is 11.7 Å². The third-order valence-corrected chi connectivity index (χ3v) is 2.25. The van der Waals surface area contributed by atoms with Crippen LogP contribution in [0.1, 0.15) is 19.3 Å². The quantitative estimate of drug-likeness (QED) is 0.561. The molecule has 0 aromatic rings. The number of primary amides is 1. The molecule has 1 aliphatic heterocycles. The van der Waals surface area contributed by atoms with Crippen LogP contribution in [0.5, 0.6) is 0 Å². The van der Waals surface area contributed by atoms with Crippen LogP contribution in [0.15, 0.2) is 0 Å². The average Bonchev–Trinajstić information content (AvgIpc) is 2.05. The van der Waals surface area contributed by atoms with Crippen molar-refractivity contribution in [2.75, 3.05) is 19.6 Å². The van der Waals surface area contributed by atoms with Gasteiger partial charge in [-0.2, -0.15) is 0 Å². The number of piperidine rings is 1. The second-order valence-corrected chi connectivity index (χ2v) is 3.29. The van der Waals surface area contributed by atoms with Gasteiger partial charge in [-0.25, -0.2) is 4.79 Å². The van der Waals surface area contributed by atoms with Crippen LogP contribution >= 0.6 is 0 Å². The molecule has 1 heterocycles. The summed E-state index contributed by atoms with van der Waals surface area (Å²) >= 11 is 0. The summed E-state index contributed by atoms with van der Waals surface area (Å²) in [5, 5.41) is 5.93. The van der Waals surface area contributed by atoms with Crippen LogP contribution in [0.25, 0.3) is 0 Å². The third kappa shape index (κ3) is 3.57. The lowest BCUT2D eigenvalue weighted by atomic mass is 9.96. The zero-order chi connectivity index (χ0) is 8.81. The van der Waals surface area contributed by atoms with Crippen LogP contribution in [0, 0.1) is 5.92 Å². The van der Waals surface area contributed by atoms with E-state index in [9.17, 15) is 4.79 Å². The fourth-order valence-corrected chi connectivity index (χ4v) is 1.57. The minimum atomic E-state index is -0.418. The van der Waals surface area contributed by atoms with Gasteiger partial charge in [-0.15, -0.1) is 0 Å². The standard InChI is InChI=1S/C8H17N3O/c9-8(12)11-5-3-7-2-1-4-10-6-7/h7,10H,1-6H2,(H3,9,11,12). The van der Waals surface area contributed by atoms with E-state index in [0.717, 1.165) is 19.5 Å². The number of carbonyl (C=O) groups excluding carboxylic acids is 1. The van der Waals surface area contributed by atoms with Crippen LogP contribution < -0.4 is 16.4 Å². The van der Waals surface area contributed by atoms with Crippen molar-refractivity contribution in [1.82, 2.24) is 10.6 Å². The van der Waals surface area contributed by atoms with Crippen molar-refractivity contribution in [3.63, 3.8) is 0 Å². The van der Waals surface area contributed by atoms with E-state index in [1.165, 1.54) is 12.8 Å². The highest BCUT2D eigenvalue weighted by molar-refractivity contribution is 5.71. The number of amides is 2. The molecule has 1 unspecified atom stereocenters. The van der Waals surface area contributed by atoms with Crippen LogP contribution in [-0.2, 0) is 0 Å². The molecule has 0 aliphatic carbocycles. The lowest BCUT2D eigenvalue weighted by molar-refractivity contribution is 0.247. The number of nitrogens with one attached hydrogen (secondary N) is 2. The fraction of sp³-hybridized carbons (Fsp3) is 0.875. The highest BCUT2D eigenvalue weighted by atomic mass is 16.2. The molecule has 4 nitrogen and oxygen atoms in total. The Balaban J connectivity index is 2.01. The summed E-state index contributed by atoms with van der Waals surface area (Å²) in [5.74, 6) is 0.714. The van der Waals surface area contributed by atoms with Crippen molar-refractivity contribution in [3.05, 3.63) is 0 Å². The van der Waals surface area contributed by atoms with Crippen molar-refractivity contribution >= 4 is 6.03 Å². The number of hydrogen-bond donors (Lipinski definition) is 3. The number of carbonyl (C=O) groups is 1. The molecule has 1 atom stereocenters. The fourth-order valence-electron chi connectivity index (χ4n) is 1.57.